The molecule has 0 bridgehead atoms. The van der Waals surface area contributed by atoms with Gasteiger partial charge in [-0.25, -0.2) is 4.39 Å². The van der Waals surface area contributed by atoms with Gasteiger partial charge in [-0.3, -0.25) is 14.3 Å². The number of benzene rings is 2. The Kier molecular flexibility index (Phi) is 7.10. The Balaban J connectivity index is 1.33. The average molecular weight is 463 g/mol. The molecule has 0 saturated carbocycles. The second-order valence-corrected chi connectivity index (χ2v) is 9.06. The first-order valence-corrected chi connectivity index (χ1v) is 11.7. The number of rotatable bonds is 6. The molecule has 6 nitrogen and oxygen atoms in total. The lowest BCUT2D eigenvalue weighted by atomic mass is 9.95. The Hall–Kier alpha value is -3.48. The number of hydrogen-bond donors (Lipinski definition) is 1. The van der Waals surface area contributed by atoms with Crippen molar-refractivity contribution in [1.29, 1.82) is 0 Å². The second kappa shape index (κ2) is 10.2. The van der Waals surface area contributed by atoms with Gasteiger partial charge in [-0.1, -0.05) is 42.5 Å². The molecular formula is C27H31FN4O2. The first-order valence-electron chi connectivity index (χ1n) is 11.7. The van der Waals surface area contributed by atoms with E-state index in [9.17, 15) is 14.0 Å². The van der Waals surface area contributed by atoms with Gasteiger partial charge in [0.1, 0.15) is 5.82 Å². The van der Waals surface area contributed by atoms with Crippen LogP contribution in [0.2, 0.25) is 0 Å². The van der Waals surface area contributed by atoms with Gasteiger partial charge in [0.15, 0.2) is 0 Å². The zero-order valence-corrected chi connectivity index (χ0v) is 20.0. The fourth-order valence-corrected chi connectivity index (χ4v) is 4.50. The zero-order chi connectivity index (χ0) is 24.2. The monoisotopic (exact) mass is 462 g/mol. The van der Waals surface area contributed by atoms with Crippen molar-refractivity contribution >= 4 is 11.8 Å². The molecule has 0 radical (unpaired) electrons. The molecule has 1 aliphatic heterocycles. The van der Waals surface area contributed by atoms with Crippen molar-refractivity contribution in [2.45, 2.75) is 46.7 Å². The predicted octanol–water partition coefficient (Wildman–Crippen LogP) is 4.16. The van der Waals surface area contributed by atoms with Crippen LogP contribution in [0, 0.1) is 32.5 Å². The third-order valence-electron chi connectivity index (χ3n) is 6.63. The van der Waals surface area contributed by atoms with Crippen molar-refractivity contribution in [3.63, 3.8) is 0 Å². The molecule has 1 saturated heterocycles. The molecule has 2 aromatic carbocycles. The SMILES string of the molecule is Cc1ccc(CNC(=O)C2CCN(C(=O)c3c(C)nn(Cc4ccccc4)c3C)CC2)cc1F. The third-order valence-corrected chi connectivity index (χ3v) is 6.63. The molecule has 0 spiro atoms. The topological polar surface area (TPSA) is 67.2 Å². The summed E-state index contributed by atoms with van der Waals surface area (Å²) in [5.41, 5.74) is 4.69. The van der Waals surface area contributed by atoms with Crippen molar-refractivity contribution in [2.24, 2.45) is 5.92 Å². The lowest BCUT2D eigenvalue weighted by molar-refractivity contribution is -0.126. The van der Waals surface area contributed by atoms with Crippen LogP contribution < -0.4 is 5.32 Å². The number of aromatic nitrogens is 2. The Morgan fingerprint density at radius 3 is 2.41 bits per heavy atom. The largest absolute Gasteiger partial charge is 0.352 e. The minimum Gasteiger partial charge on any atom is -0.352 e. The quantitative estimate of drug-likeness (QED) is 0.598. The number of nitrogens with zero attached hydrogens (tertiary/aromatic N) is 3. The second-order valence-electron chi connectivity index (χ2n) is 9.06. The molecule has 7 heteroatoms. The maximum absolute atomic E-state index is 13.7. The summed E-state index contributed by atoms with van der Waals surface area (Å²) in [4.78, 5) is 27.7. The first-order chi connectivity index (χ1) is 16.3. The molecule has 0 atom stereocenters. The molecule has 1 fully saturated rings. The van der Waals surface area contributed by atoms with E-state index in [1.165, 1.54) is 6.07 Å². The molecule has 0 aliphatic carbocycles. The van der Waals surface area contributed by atoms with Crippen LogP contribution in [-0.4, -0.2) is 39.6 Å². The summed E-state index contributed by atoms with van der Waals surface area (Å²) in [5.74, 6) is -0.488. The van der Waals surface area contributed by atoms with Crippen LogP contribution >= 0.6 is 0 Å². The Bertz CT molecular complexity index is 1180. The number of carbonyl (C=O) groups is 2. The molecule has 3 aromatic rings. The Labute approximate surface area is 199 Å². The minimum atomic E-state index is -0.267. The van der Waals surface area contributed by atoms with Crippen LogP contribution in [0.1, 0.15) is 51.3 Å². The number of halogens is 1. The van der Waals surface area contributed by atoms with E-state index < -0.39 is 0 Å². The van der Waals surface area contributed by atoms with E-state index in [0.717, 1.165) is 22.5 Å². The molecule has 1 aliphatic rings. The van der Waals surface area contributed by atoms with E-state index in [2.05, 4.69) is 10.4 Å². The average Bonchev–Trinajstić information content (AvgIpc) is 3.12. The highest BCUT2D eigenvalue weighted by atomic mass is 19.1. The van der Waals surface area contributed by atoms with E-state index in [1.807, 2.05) is 59.8 Å². The summed E-state index contributed by atoms with van der Waals surface area (Å²) in [6, 6.07) is 15.0. The zero-order valence-electron chi connectivity index (χ0n) is 20.0. The summed E-state index contributed by atoms with van der Waals surface area (Å²) >= 11 is 0. The van der Waals surface area contributed by atoms with Crippen LogP contribution in [-0.2, 0) is 17.9 Å². The Morgan fingerprint density at radius 2 is 1.74 bits per heavy atom. The number of likely N-dealkylation sites (tertiary alicyclic amines) is 1. The molecule has 2 heterocycles. The number of nitrogens with one attached hydrogen (secondary N) is 1. The highest BCUT2D eigenvalue weighted by Gasteiger charge is 2.30. The maximum atomic E-state index is 13.7. The van der Waals surface area contributed by atoms with E-state index >= 15 is 0 Å². The number of carbonyl (C=O) groups excluding carboxylic acids is 2. The number of piperidine rings is 1. The van der Waals surface area contributed by atoms with Gasteiger partial charge in [0.05, 0.1) is 17.8 Å². The van der Waals surface area contributed by atoms with E-state index in [0.29, 0.717) is 50.1 Å². The number of hydrogen-bond acceptors (Lipinski definition) is 3. The summed E-state index contributed by atoms with van der Waals surface area (Å²) in [5, 5.41) is 7.52. The molecule has 34 heavy (non-hydrogen) atoms. The van der Waals surface area contributed by atoms with Crippen LogP contribution in [0.5, 0.6) is 0 Å². The highest BCUT2D eigenvalue weighted by Crippen LogP contribution is 2.23. The summed E-state index contributed by atoms with van der Waals surface area (Å²) < 4.78 is 15.6. The van der Waals surface area contributed by atoms with Gasteiger partial charge in [0, 0.05) is 31.2 Å². The van der Waals surface area contributed by atoms with E-state index in [4.69, 9.17) is 0 Å². The fourth-order valence-electron chi connectivity index (χ4n) is 4.50. The normalized spacial score (nSPS) is 14.3. The summed E-state index contributed by atoms with van der Waals surface area (Å²) in [7, 11) is 0. The van der Waals surface area contributed by atoms with Gasteiger partial charge < -0.3 is 10.2 Å². The molecular weight excluding hydrogens is 431 g/mol. The summed E-state index contributed by atoms with van der Waals surface area (Å²) in [6.45, 7) is 7.49. The highest BCUT2D eigenvalue weighted by molar-refractivity contribution is 5.96. The molecule has 2 amide bonds. The first kappa shape index (κ1) is 23.7. The van der Waals surface area contributed by atoms with Crippen molar-refractivity contribution in [2.75, 3.05) is 13.1 Å². The lowest BCUT2D eigenvalue weighted by Crippen LogP contribution is -2.43. The third kappa shape index (κ3) is 5.19. The minimum absolute atomic E-state index is 0.0247. The van der Waals surface area contributed by atoms with Crippen molar-refractivity contribution in [3.8, 4) is 0 Å². The molecule has 0 unspecified atom stereocenters. The van der Waals surface area contributed by atoms with Gasteiger partial charge in [-0.15, -0.1) is 0 Å². The standard InChI is InChI=1S/C27H31FN4O2/c1-18-9-10-22(15-24(18)28)16-29-26(33)23-11-13-31(14-12-23)27(34)25-19(2)30-32(20(25)3)17-21-7-5-4-6-8-21/h4-10,15,23H,11-14,16-17H2,1-3H3,(H,29,33). The van der Waals surface area contributed by atoms with Crippen molar-refractivity contribution in [1.82, 2.24) is 20.0 Å². The Morgan fingerprint density at radius 1 is 1.03 bits per heavy atom. The smallest absolute Gasteiger partial charge is 0.257 e. The maximum Gasteiger partial charge on any atom is 0.257 e. The summed E-state index contributed by atoms with van der Waals surface area (Å²) in [6.07, 6.45) is 1.21. The van der Waals surface area contributed by atoms with E-state index in [1.54, 1.807) is 13.0 Å². The van der Waals surface area contributed by atoms with Crippen LogP contribution in [0.4, 0.5) is 4.39 Å². The van der Waals surface area contributed by atoms with Crippen molar-refractivity contribution in [3.05, 3.63) is 88.0 Å². The molecule has 4 rings (SSSR count). The molecule has 178 valence electrons. The van der Waals surface area contributed by atoms with Gasteiger partial charge in [-0.05, 0) is 56.4 Å². The fraction of sp³-hybridized carbons (Fsp3) is 0.370. The van der Waals surface area contributed by atoms with Gasteiger partial charge in [-0.2, -0.15) is 5.10 Å². The van der Waals surface area contributed by atoms with Crippen LogP contribution in [0.3, 0.4) is 0 Å². The van der Waals surface area contributed by atoms with Gasteiger partial charge >= 0.3 is 0 Å². The van der Waals surface area contributed by atoms with Crippen LogP contribution in [0.15, 0.2) is 48.5 Å². The lowest BCUT2D eigenvalue weighted by Gasteiger charge is -2.31. The van der Waals surface area contributed by atoms with Gasteiger partial charge in [0.25, 0.3) is 5.91 Å². The molecule has 1 N–H and O–H groups in total. The molecule has 1 aromatic heterocycles. The number of amides is 2. The van der Waals surface area contributed by atoms with Crippen molar-refractivity contribution < 1.29 is 14.0 Å². The predicted molar refractivity (Wildman–Crippen MR) is 129 cm³/mol. The van der Waals surface area contributed by atoms with Crippen LogP contribution in [0.25, 0.3) is 0 Å². The number of aryl methyl sites for hydroxylation is 2. The van der Waals surface area contributed by atoms with E-state index in [-0.39, 0.29) is 23.5 Å². The van der Waals surface area contributed by atoms with Gasteiger partial charge in [0.2, 0.25) is 5.91 Å².